The molecule has 1 aliphatic heterocycles. The van der Waals surface area contributed by atoms with Crippen LogP contribution in [0.25, 0.3) is 0 Å². The van der Waals surface area contributed by atoms with E-state index in [9.17, 15) is 4.39 Å². The summed E-state index contributed by atoms with van der Waals surface area (Å²) in [7, 11) is 1.39. The Balaban J connectivity index is 2.64. The van der Waals surface area contributed by atoms with E-state index in [4.69, 9.17) is 19.9 Å². The highest BCUT2D eigenvalue weighted by Crippen LogP contribution is 2.43. The van der Waals surface area contributed by atoms with Crippen LogP contribution in [0, 0.1) is 5.82 Å². The Morgan fingerprint density at radius 3 is 2.87 bits per heavy atom. The summed E-state index contributed by atoms with van der Waals surface area (Å²) in [6, 6.07) is 0.986. The molecule has 0 aromatic heterocycles. The SMILES string of the molecule is COc1cc2c(c(C(C)N)c1F)OCO2. The van der Waals surface area contributed by atoms with Gasteiger partial charge in [-0.05, 0) is 6.92 Å². The Morgan fingerprint density at radius 1 is 1.53 bits per heavy atom. The van der Waals surface area contributed by atoms with E-state index in [1.54, 1.807) is 6.92 Å². The lowest BCUT2D eigenvalue weighted by Gasteiger charge is -2.13. The summed E-state index contributed by atoms with van der Waals surface area (Å²) in [5, 5.41) is 0. The second kappa shape index (κ2) is 3.58. The third-order valence-electron chi connectivity index (χ3n) is 2.28. The van der Waals surface area contributed by atoms with Crippen molar-refractivity contribution in [1.82, 2.24) is 0 Å². The smallest absolute Gasteiger partial charge is 0.231 e. The highest BCUT2D eigenvalue weighted by atomic mass is 19.1. The monoisotopic (exact) mass is 213 g/mol. The van der Waals surface area contributed by atoms with Gasteiger partial charge in [-0.3, -0.25) is 0 Å². The van der Waals surface area contributed by atoms with Crippen LogP contribution in [0.4, 0.5) is 4.39 Å². The molecule has 1 aromatic carbocycles. The molecule has 2 rings (SSSR count). The number of nitrogens with two attached hydrogens (primary N) is 1. The molecule has 2 N–H and O–H groups in total. The lowest BCUT2D eigenvalue weighted by Crippen LogP contribution is -2.09. The molecular weight excluding hydrogens is 201 g/mol. The molecule has 5 heteroatoms. The second-order valence-electron chi connectivity index (χ2n) is 3.33. The topological polar surface area (TPSA) is 53.7 Å². The summed E-state index contributed by atoms with van der Waals surface area (Å²) in [4.78, 5) is 0. The van der Waals surface area contributed by atoms with Crippen molar-refractivity contribution in [3.05, 3.63) is 17.4 Å². The number of methoxy groups -OCH3 is 1. The fraction of sp³-hybridized carbons (Fsp3) is 0.400. The average molecular weight is 213 g/mol. The van der Waals surface area contributed by atoms with Crippen LogP contribution >= 0.6 is 0 Å². The quantitative estimate of drug-likeness (QED) is 0.810. The van der Waals surface area contributed by atoms with Crippen molar-refractivity contribution in [2.75, 3.05) is 13.9 Å². The standard InChI is InChI=1S/C10H12FNO3/c1-5(12)8-9(11)6(13-2)3-7-10(8)15-4-14-7/h3,5H,4,12H2,1-2H3. The van der Waals surface area contributed by atoms with Crippen LogP contribution in [0.15, 0.2) is 6.07 Å². The predicted octanol–water partition coefficient (Wildman–Crippen LogP) is 1.58. The van der Waals surface area contributed by atoms with E-state index < -0.39 is 11.9 Å². The number of rotatable bonds is 2. The van der Waals surface area contributed by atoms with Crippen LogP contribution in [-0.2, 0) is 0 Å². The summed E-state index contributed by atoms with van der Waals surface area (Å²) in [6.07, 6.45) is 0. The van der Waals surface area contributed by atoms with Gasteiger partial charge in [0.1, 0.15) is 0 Å². The number of fused-ring (bicyclic) bond motifs is 1. The fourth-order valence-electron chi connectivity index (χ4n) is 1.58. The number of hydrogen-bond donors (Lipinski definition) is 1. The lowest BCUT2D eigenvalue weighted by atomic mass is 10.1. The van der Waals surface area contributed by atoms with Gasteiger partial charge in [0.05, 0.1) is 12.7 Å². The number of hydrogen-bond acceptors (Lipinski definition) is 4. The van der Waals surface area contributed by atoms with Crippen LogP contribution in [0.5, 0.6) is 17.2 Å². The zero-order valence-electron chi connectivity index (χ0n) is 8.54. The van der Waals surface area contributed by atoms with Gasteiger partial charge in [0.15, 0.2) is 23.1 Å². The largest absolute Gasteiger partial charge is 0.494 e. The average Bonchev–Trinajstić information content (AvgIpc) is 2.63. The Labute approximate surface area is 86.7 Å². The number of ether oxygens (including phenoxy) is 3. The zero-order valence-corrected chi connectivity index (χ0v) is 8.54. The normalized spacial score (nSPS) is 15.2. The zero-order chi connectivity index (χ0) is 11.0. The van der Waals surface area contributed by atoms with Gasteiger partial charge in [0.2, 0.25) is 6.79 Å². The van der Waals surface area contributed by atoms with Gasteiger partial charge in [-0.2, -0.15) is 0 Å². The minimum Gasteiger partial charge on any atom is -0.494 e. The van der Waals surface area contributed by atoms with Gasteiger partial charge < -0.3 is 19.9 Å². The predicted molar refractivity (Wildman–Crippen MR) is 51.7 cm³/mol. The van der Waals surface area contributed by atoms with Crippen molar-refractivity contribution in [3.8, 4) is 17.2 Å². The summed E-state index contributed by atoms with van der Waals surface area (Å²) < 4.78 is 29.1. The Morgan fingerprint density at radius 2 is 2.27 bits per heavy atom. The Hall–Kier alpha value is -1.49. The van der Waals surface area contributed by atoms with Crippen molar-refractivity contribution in [2.45, 2.75) is 13.0 Å². The number of halogens is 1. The summed E-state index contributed by atoms with van der Waals surface area (Å²) in [6.45, 7) is 1.77. The second-order valence-corrected chi connectivity index (χ2v) is 3.33. The molecule has 4 nitrogen and oxygen atoms in total. The highest BCUT2D eigenvalue weighted by Gasteiger charge is 2.26. The highest BCUT2D eigenvalue weighted by molar-refractivity contribution is 5.55. The summed E-state index contributed by atoms with van der Waals surface area (Å²) in [5.41, 5.74) is 5.97. The third kappa shape index (κ3) is 1.48. The minimum atomic E-state index is -0.489. The van der Waals surface area contributed by atoms with E-state index in [-0.39, 0.29) is 12.5 Å². The maximum Gasteiger partial charge on any atom is 0.231 e. The van der Waals surface area contributed by atoms with Crippen molar-refractivity contribution < 1.29 is 18.6 Å². The van der Waals surface area contributed by atoms with E-state index in [1.165, 1.54) is 13.2 Å². The lowest BCUT2D eigenvalue weighted by molar-refractivity contribution is 0.172. The molecule has 1 heterocycles. The van der Waals surface area contributed by atoms with Gasteiger partial charge in [-0.25, -0.2) is 4.39 Å². The van der Waals surface area contributed by atoms with Gasteiger partial charge >= 0.3 is 0 Å². The molecule has 0 fully saturated rings. The first-order chi connectivity index (χ1) is 7.15. The molecule has 15 heavy (non-hydrogen) atoms. The molecule has 0 radical (unpaired) electrons. The summed E-state index contributed by atoms with van der Waals surface area (Å²) in [5.74, 6) is 0.479. The van der Waals surface area contributed by atoms with Crippen LogP contribution in [0.2, 0.25) is 0 Å². The molecule has 0 spiro atoms. The molecule has 1 aromatic rings. The van der Waals surface area contributed by atoms with E-state index in [0.717, 1.165) is 0 Å². The van der Waals surface area contributed by atoms with Gasteiger partial charge in [0, 0.05) is 12.1 Å². The maximum atomic E-state index is 13.8. The van der Waals surface area contributed by atoms with Crippen molar-refractivity contribution >= 4 is 0 Å². The van der Waals surface area contributed by atoms with Crippen LogP contribution in [0.3, 0.4) is 0 Å². The van der Waals surface area contributed by atoms with Gasteiger partial charge in [-0.15, -0.1) is 0 Å². The third-order valence-corrected chi connectivity index (χ3v) is 2.28. The van der Waals surface area contributed by atoms with Crippen molar-refractivity contribution in [2.24, 2.45) is 5.73 Å². The number of benzene rings is 1. The molecule has 1 atom stereocenters. The fourth-order valence-corrected chi connectivity index (χ4v) is 1.58. The molecule has 0 saturated carbocycles. The molecule has 0 saturated heterocycles. The van der Waals surface area contributed by atoms with E-state index in [1.807, 2.05) is 0 Å². The molecule has 1 unspecified atom stereocenters. The first-order valence-corrected chi connectivity index (χ1v) is 4.56. The molecule has 1 aliphatic rings. The van der Waals surface area contributed by atoms with E-state index in [2.05, 4.69) is 0 Å². The molecule has 0 amide bonds. The molecular formula is C10H12FNO3. The Kier molecular flexibility index (Phi) is 2.40. The van der Waals surface area contributed by atoms with Crippen LogP contribution < -0.4 is 19.9 Å². The van der Waals surface area contributed by atoms with Crippen molar-refractivity contribution in [3.63, 3.8) is 0 Å². The van der Waals surface area contributed by atoms with Gasteiger partial charge in [-0.1, -0.05) is 0 Å². The minimum absolute atomic E-state index is 0.0850. The maximum absolute atomic E-state index is 13.8. The van der Waals surface area contributed by atoms with Gasteiger partial charge in [0.25, 0.3) is 0 Å². The first-order valence-electron chi connectivity index (χ1n) is 4.56. The first kappa shape index (κ1) is 10.0. The molecule has 82 valence electrons. The van der Waals surface area contributed by atoms with E-state index >= 15 is 0 Å². The van der Waals surface area contributed by atoms with Crippen molar-refractivity contribution in [1.29, 1.82) is 0 Å². The molecule has 0 aliphatic carbocycles. The summed E-state index contributed by atoms with van der Waals surface area (Å²) >= 11 is 0. The van der Waals surface area contributed by atoms with E-state index in [0.29, 0.717) is 17.1 Å². The molecule has 0 bridgehead atoms. The van der Waals surface area contributed by atoms with Crippen LogP contribution in [-0.4, -0.2) is 13.9 Å². The van der Waals surface area contributed by atoms with Crippen LogP contribution in [0.1, 0.15) is 18.5 Å². The Bertz CT molecular complexity index is 392.